The SMILES string of the molecule is Cc1cc(C)c(N2CCN(C(=O)c3ccc(N4CCNC4=O)cn3)CC2)nc1C. The quantitative estimate of drug-likeness (QED) is 0.860. The summed E-state index contributed by atoms with van der Waals surface area (Å²) in [6.45, 7) is 10.2. The Morgan fingerprint density at radius 1 is 1.03 bits per heavy atom. The van der Waals surface area contributed by atoms with Crippen molar-refractivity contribution >= 4 is 23.4 Å². The first-order valence-corrected chi connectivity index (χ1v) is 9.94. The van der Waals surface area contributed by atoms with Gasteiger partial charge in [0, 0.05) is 45.0 Å². The molecule has 2 fully saturated rings. The van der Waals surface area contributed by atoms with Crippen molar-refractivity contribution in [2.75, 3.05) is 49.1 Å². The van der Waals surface area contributed by atoms with E-state index in [4.69, 9.17) is 4.98 Å². The first kappa shape index (κ1) is 19.2. The van der Waals surface area contributed by atoms with Crippen molar-refractivity contribution < 1.29 is 9.59 Å². The van der Waals surface area contributed by atoms with Crippen LogP contribution >= 0.6 is 0 Å². The molecule has 152 valence electrons. The maximum Gasteiger partial charge on any atom is 0.322 e. The Bertz CT molecular complexity index is 935. The third-order valence-electron chi connectivity index (χ3n) is 5.63. The summed E-state index contributed by atoms with van der Waals surface area (Å²) >= 11 is 0. The van der Waals surface area contributed by atoms with Crippen LogP contribution in [0, 0.1) is 20.8 Å². The van der Waals surface area contributed by atoms with Gasteiger partial charge in [0.2, 0.25) is 0 Å². The second-order valence-corrected chi connectivity index (χ2v) is 7.60. The summed E-state index contributed by atoms with van der Waals surface area (Å²) in [7, 11) is 0. The lowest BCUT2D eigenvalue weighted by atomic mass is 10.1. The molecule has 2 aromatic heterocycles. The molecule has 0 unspecified atom stereocenters. The van der Waals surface area contributed by atoms with Crippen LogP contribution in [0.3, 0.4) is 0 Å². The van der Waals surface area contributed by atoms with Gasteiger partial charge in [0.15, 0.2) is 0 Å². The average Bonchev–Trinajstić information content (AvgIpc) is 3.16. The van der Waals surface area contributed by atoms with Crippen LogP contribution < -0.4 is 15.1 Å². The lowest BCUT2D eigenvalue weighted by Crippen LogP contribution is -2.49. The van der Waals surface area contributed by atoms with Gasteiger partial charge in [0.05, 0.1) is 11.9 Å². The molecule has 0 radical (unpaired) electrons. The number of urea groups is 1. The summed E-state index contributed by atoms with van der Waals surface area (Å²) < 4.78 is 0. The highest BCUT2D eigenvalue weighted by atomic mass is 16.2. The largest absolute Gasteiger partial charge is 0.353 e. The minimum absolute atomic E-state index is 0.0770. The van der Waals surface area contributed by atoms with Crippen molar-refractivity contribution in [3.05, 3.63) is 46.9 Å². The molecule has 1 N–H and O–H groups in total. The molecule has 8 heteroatoms. The lowest BCUT2D eigenvalue weighted by molar-refractivity contribution is 0.0740. The van der Waals surface area contributed by atoms with Gasteiger partial charge >= 0.3 is 6.03 Å². The van der Waals surface area contributed by atoms with E-state index in [0.29, 0.717) is 37.6 Å². The smallest absolute Gasteiger partial charge is 0.322 e. The molecule has 2 aliphatic heterocycles. The maximum absolute atomic E-state index is 12.8. The Kier molecular flexibility index (Phi) is 5.08. The van der Waals surface area contributed by atoms with Gasteiger partial charge in [0.1, 0.15) is 11.5 Å². The van der Waals surface area contributed by atoms with E-state index in [9.17, 15) is 9.59 Å². The normalized spacial score (nSPS) is 16.9. The van der Waals surface area contributed by atoms with Crippen molar-refractivity contribution in [1.29, 1.82) is 0 Å². The topological polar surface area (TPSA) is 81.7 Å². The zero-order valence-corrected chi connectivity index (χ0v) is 17.1. The van der Waals surface area contributed by atoms with Crippen LogP contribution in [0.1, 0.15) is 27.3 Å². The van der Waals surface area contributed by atoms with E-state index in [1.165, 1.54) is 5.56 Å². The van der Waals surface area contributed by atoms with Gasteiger partial charge in [-0.15, -0.1) is 0 Å². The number of carbonyl (C=O) groups is 2. The second-order valence-electron chi connectivity index (χ2n) is 7.60. The molecule has 0 spiro atoms. The van der Waals surface area contributed by atoms with E-state index >= 15 is 0 Å². The molecule has 3 amide bonds. The predicted octanol–water partition coefficient (Wildman–Crippen LogP) is 1.89. The van der Waals surface area contributed by atoms with Gasteiger partial charge in [0.25, 0.3) is 5.91 Å². The Hall–Kier alpha value is -3.16. The highest BCUT2D eigenvalue weighted by Crippen LogP contribution is 2.22. The molecule has 2 saturated heterocycles. The van der Waals surface area contributed by atoms with Crippen molar-refractivity contribution in [1.82, 2.24) is 20.2 Å². The van der Waals surface area contributed by atoms with Crippen LogP contribution in [0.25, 0.3) is 0 Å². The molecule has 29 heavy (non-hydrogen) atoms. The van der Waals surface area contributed by atoms with E-state index in [2.05, 4.69) is 35.1 Å². The molecule has 4 heterocycles. The Balaban J connectivity index is 1.40. The van der Waals surface area contributed by atoms with Crippen LogP contribution in [0.5, 0.6) is 0 Å². The monoisotopic (exact) mass is 394 g/mol. The van der Waals surface area contributed by atoms with E-state index in [1.807, 2.05) is 11.8 Å². The molecular formula is C21H26N6O2. The van der Waals surface area contributed by atoms with Crippen molar-refractivity contribution in [3.63, 3.8) is 0 Å². The highest BCUT2D eigenvalue weighted by molar-refractivity contribution is 5.95. The van der Waals surface area contributed by atoms with Crippen LogP contribution in [0.15, 0.2) is 24.4 Å². The highest BCUT2D eigenvalue weighted by Gasteiger charge is 2.26. The molecule has 2 aromatic rings. The number of rotatable bonds is 3. The first-order chi connectivity index (χ1) is 13.9. The van der Waals surface area contributed by atoms with Crippen molar-refractivity contribution in [2.45, 2.75) is 20.8 Å². The first-order valence-electron chi connectivity index (χ1n) is 9.94. The van der Waals surface area contributed by atoms with E-state index < -0.39 is 0 Å². The number of hydrogen-bond acceptors (Lipinski definition) is 5. The van der Waals surface area contributed by atoms with Gasteiger partial charge in [-0.3, -0.25) is 9.69 Å². The van der Waals surface area contributed by atoms with Crippen LogP contribution in [0.4, 0.5) is 16.3 Å². The number of nitrogens with one attached hydrogen (secondary N) is 1. The number of hydrogen-bond donors (Lipinski definition) is 1. The predicted molar refractivity (Wildman–Crippen MR) is 112 cm³/mol. The number of aromatic nitrogens is 2. The fraction of sp³-hybridized carbons (Fsp3) is 0.429. The molecule has 2 aliphatic rings. The number of nitrogens with zero attached hydrogens (tertiary/aromatic N) is 5. The minimum atomic E-state index is -0.128. The summed E-state index contributed by atoms with van der Waals surface area (Å²) in [4.78, 5) is 39.4. The number of amides is 3. The summed E-state index contributed by atoms with van der Waals surface area (Å²) in [6.07, 6.45) is 1.59. The molecule has 4 rings (SSSR count). The zero-order valence-electron chi connectivity index (χ0n) is 17.1. The Morgan fingerprint density at radius 2 is 1.79 bits per heavy atom. The summed E-state index contributed by atoms with van der Waals surface area (Å²) in [5.74, 6) is 0.929. The van der Waals surface area contributed by atoms with Crippen molar-refractivity contribution in [2.24, 2.45) is 0 Å². The standard InChI is InChI=1S/C21H26N6O2/c1-14-12-15(2)19(24-16(14)3)25-8-10-26(11-9-25)20(28)18-5-4-17(13-23-18)27-7-6-22-21(27)29/h4-5,12-13H,6-11H2,1-3H3,(H,22,29). The molecule has 0 aromatic carbocycles. The number of piperazine rings is 1. The molecule has 0 bridgehead atoms. The fourth-order valence-electron chi connectivity index (χ4n) is 3.82. The van der Waals surface area contributed by atoms with E-state index in [1.54, 1.807) is 23.2 Å². The molecule has 0 aliphatic carbocycles. The van der Waals surface area contributed by atoms with Gasteiger partial charge in [-0.25, -0.2) is 14.8 Å². The third kappa shape index (κ3) is 3.74. The zero-order chi connectivity index (χ0) is 20.5. The summed E-state index contributed by atoms with van der Waals surface area (Å²) in [5.41, 5.74) is 4.51. The fourth-order valence-corrected chi connectivity index (χ4v) is 3.82. The molecular weight excluding hydrogens is 368 g/mol. The van der Waals surface area contributed by atoms with E-state index in [-0.39, 0.29) is 11.9 Å². The van der Waals surface area contributed by atoms with Gasteiger partial charge in [-0.1, -0.05) is 6.07 Å². The van der Waals surface area contributed by atoms with Crippen LogP contribution in [0.2, 0.25) is 0 Å². The third-order valence-corrected chi connectivity index (χ3v) is 5.63. The number of anilines is 2. The number of carbonyl (C=O) groups excluding carboxylic acids is 2. The van der Waals surface area contributed by atoms with Gasteiger partial charge < -0.3 is 15.1 Å². The Morgan fingerprint density at radius 3 is 2.41 bits per heavy atom. The molecule has 0 atom stereocenters. The van der Waals surface area contributed by atoms with Crippen molar-refractivity contribution in [3.8, 4) is 0 Å². The van der Waals surface area contributed by atoms with Crippen LogP contribution in [-0.4, -0.2) is 66.1 Å². The number of aryl methyl sites for hydroxylation is 3. The van der Waals surface area contributed by atoms with Gasteiger partial charge in [-0.05, 0) is 44.0 Å². The Labute approximate surface area is 170 Å². The average molecular weight is 394 g/mol. The summed E-state index contributed by atoms with van der Waals surface area (Å²) in [5, 5.41) is 2.76. The lowest BCUT2D eigenvalue weighted by Gasteiger charge is -2.36. The minimum Gasteiger partial charge on any atom is -0.353 e. The number of pyridine rings is 2. The second kappa shape index (κ2) is 7.69. The molecule has 0 saturated carbocycles. The van der Waals surface area contributed by atoms with Gasteiger partial charge in [-0.2, -0.15) is 0 Å². The van der Waals surface area contributed by atoms with Crippen LogP contribution in [-0.2, 0) is 0 Å². The molecule has 8 nitrogen and oxygen atoms in total. The van der Waals surface area contributed by atoms with E-state index in [0.717, 1.165) is 30.2 Å². The summed E-state index contributed by atoms with van der Waals surface area (Å²) in [6, 6.07) is 5.52. The maximum atomic E-state index is 12.8.